The number of hydrogen-bond acceptors (Lipinski definition) is 1. The summed E-state index contributed by atoms with van der Waals surface area (Å²) in [6.07, 6.45) is -4.38. The molecular formula is C14H10Cl2F3N. The van der Waals surface area contributed by atoms with E-state index < -0.39 is 11.7 Å². The first-order valence-electron chi connectivity index (χ1n) is 5.72. The van der Waals surface area contributed by atoms with E-state index in [1.165, 1.54) is 12.1 Å². The molecule has 0 saturated carbocycles. The third kappa shape index (κ3) is 3.58. The van der Waals surface area contributed by atoms with Crippen molar-refractivity contribution in [2.45, 2.75) is 12.7 Å². The zero-order valence-electron chi connectivity index (χ0n) is 10.1. The van der Waals surface area contributed by atoms with Crippen LogP contribution in [-0.2, 0) is 12.7 Å². The van der Waals surface area contributed by atoms with Crippen molar-refractivity contribution in [2.24, 2.45) is 0 Å². The van der Waals surface area contributed by atoms with Crippen molar-refractivity contribution in [1.82, 2.24) is 0 Å². The third-order valence-electron chi connectivity index (χ3n) is 2.72. The zero-order valence-corrected chi connectivity index (χ0v) is 11.7. The van der Waals surface area contributed by atoms with Crippen LogP contribution in [0.5, 0.6) is 0 Å². The van der Waals surface area contributed by atoms with Crippen LogP contribution >= 0.6 is 23.2 Å². The lowest BCUT2D eigenvalue weighted by molar-refractivity contribution is -0.138. The number of hydrogen-bond donors (Lipinski definition) is 1. The Labute approximate surface area is 124 Å². The SMILES string of the molecule is FC(F)(F)c1ccccc1CNc1cc(Cl)ccc1Cl. The zero-order chi connectivity index (χ0) is 14.8. The van der Waals surface area contributed by atoms with E-state index in [0.717, 1.165) is 6.07 Å². The monoisotopic (exact) mass is 319 g/mol. The summed E-state index contributed by atoms with van der Waals surface area (Å²) in [6.45, 7) is 0.00967. The molecule has 6 heteroatoms. The molecule has 2 aromatic carbocycles. The van der Waals surface area contributed by atoms with E-state index >= 15 is 0 Å². The van der Waals surface area contributed by atoms with Crippen LogP contribution in [0.2, 0.25) is 10.0 Å². The van der Waals surface area contributed by atoms with Gasteiger partial charge in [-0.25, -0.2) is 0 Å². The number of anilines is 1. The molecular weight excluding hydrogens is 310 g/mol. The van der Waals surface area contributed by atoms with Gasteiger partial charge in [0.05, 0.1) is 16.3 Å². The molecule has 0 aromatic heterocycles. The highest BCUT2D eigenvalue weighted by Crippen LogP contribution is 2.33. The van der Waals surface area contributed by atoms with Crippen molar-refractivity contribution in [1.29, 1.82) is 0 Å². The predicted octanol–water partition coefficient (Wildman–Crippen LogP) is 5.62. The fourth-order valence-corrected chi connectivity index (χ4v) is 2.13. The normalized spacial score (nSPS) is 11.4. The lowest BCUT2D eigenvalue weighted by atomic mass is 10.1. The molecule has 2 aromatic rings. The molecule has 0 bridgehead atoms. The maximum absolute atomic E-state index is 12.8. The van der Waals surface area contributed by atoms with Crippen molar-refractivity contribution in [2.75, 3.05) is 5.32 Å². The van der Waals surface area contributed by atoms with Gasteiger partial charge >= 0.3 is 6.18 Å². The topological polar surface area (TPSA) is 12.0 Å². The number of alkyl halides is 3. The maximum atomic E-state index is 12.8. The summed E-state index contributed by atoms with van der Waals surface area (Å²) < 4.78 is 38.5. The summed E-state index contributed by atoms with van der Waals surface area (Å²) in [6, 6.07) is 10.2. The lowest BCUT2D eigenvalue weighted by Crippen LogP contribution is -2.11. The smallest absolute Gasteiger partial charge is 0.380 e. The van der Waals surface area contributed by atoms with Gasteiger partial charge in [-0.2, -0.15) is 13.2 Å². The highest BCUT2D eigenvalue weighted by Gasteiger charge is 2.32. The highest BCUT2D eigenvalue weighted by atomic mass is 35.5. The predicted molar refractivity (Wildman–Crippen MR) is 75.2 cm³/mol. The standard InChI is InChI=1S/C14H10Cl2F3N/c15-10-5-6-12(16)13(7-10)20-8-9-3-1-2-4-11(9)14(17,18)19/h1-7,20H,8H2. The minimum Gasteiger partial charge on any atom is -0.380 e. The molecule has 0 unspecified atom stereocenters. The van der Waals surface area contributed by atoms with Gasteiger partial charge in [0.25, 0.3) is 0 Å². The molecule has 20 heavy (non-hydrogen) atoms. The molecule has 0 aliphatic heterocycles. The van der Waals surface area contributed by atoms with E-state index in [-0.39, 0.29) is 12.1 Å². The van der Waals surface area contributed by atoms with Crippen LogP contribution < -0.4 is 5.32 Å². The number of benzene rings is 2. The molecule has 0 saturated heterocycles. The molecule has 0 atom stereocenters. The van der Waals surface area contributed by atoms with Gasteiger partial charge in [0.1, 0.15) is 0 Å². The molecule has 0 radical (unpaired) electrons. The van der Waals surface area contributed by atoms with E-state index in [9.17, 15) is 13.2 Å². The number of halogens is 5. The Hall–Kier alpha value is -1.39. The quantitative estimate of drug-likeness (QED) is 0.773. The molecule has 0 aliphatic carbocycles. The van der Waals surface area contributed by atoms with Crippen LogP contribution in [0.15, 0.2) is 42.5 Å². The summed E-state index contributed by atoms with van der Waals surface area (Å²) in [7, 11) is 0. The molecule has 2 rings (SSSR count). The van der Waals surface area contributed by atoms with Crippen molar-refractivity contribution >= 4 is 28.9 Å². The second kappa shape index (κ2) is 5.94. The number of nitrogens with one attached hydrogen (secondary N) is 1. The van der Waals surface area contributed by atoms with Crippen molar-refractivity contribution in [3.05, 3.63) is 63.6 Å². The molecule has 0 heterocycles. The Morgan fingerprint density at radius 3 is 2.40 bits per heavy atom. The van der Waals surface area contributed by atoms with E-state index in [1.807, 2.05) is 0 Å². The van der Waals surface area contributed by atoms with Crippen molar-refractivity contribution in [3.63, 3.8) is 0 Å². The molecule has 1 N–H and O–H groups in total. The summed E-state index contributed by atoms with van der Waals surface area (Å²) >= 11 is 11.8. The first-order valence-corrected chi connectivity index (χ1v) is 6.47. The van der Waals surface area contributed by atoms with E-state index in [2.05, 4.69) is 5.32 Å². The van der Waals surface area contributed by atoms with Crippen LogP contribution in [0.3, 0.4) is 0 Å². The van der Waals surface area contributed by atoms with Crippen LogP contribution in [0.25, 0.3) is 0 Å². The Kier molecular flexibility index (Phi) is 4.45. The average molecular weight is 320 g/mol. The van der Waals surface area contributed by atoms with Gasteiger partial charge in [-0.05, 0) is 29.8 Å². The van der Waals surface area contributed by atoms with Crippen LogP contribution in [-0.4, -0.2) is 0 Å². The Balaban J connectivity index is 2.21. The largest absolute Gasteiger partial charge is 0.416 e. The summed E-state index contributed by atoms with van der Waals surface area (Å²) in [4.78, 5) is 0. The molecule has 0 spiro atoms. The van der Waals surface area contributed by atoms with Crippen LogP contribution in [0.4, 0.5) is 18.9 Å². The fourth-order valence-electron chi connectivity index (χ4n) is 1.77. The Morgan fingerprint density at radius 2 is 1.70 bits per heavy atom. The highest BCUT2D eigenvalue weighted by molar-refractivity contribution is 6.35. The van der Waals surface area contributed by atoms with Crippen molar-refractivity contribution < 1.29 is 13.2 Å². The summed E-state index contributed by atoms with van der Waals surface area (Å²) in [5, 5.41) is 3.73. The van der Waals surface area contributed by atoms with E-state index in [1.54, 1.807) is 24.3 Å². The minimum absolute atomic E-state index is 0.00967. The molecule has 0 amide bonds. The Morgan fingerprint density at radius 1 is 1.00 bits per heavy atom. The molecule has 0 fully saturated rings. The van der Waals surface area contributed by atoms with Gasteiger partial charge in [0.2, 0.25) is 0 Å². The Bertz CT molecular complexity index is 612. The minimum atomic E-state index is -4.38. The average Bonchev–Trinajstić information content (AvgIpc) is 2.39. The van der Waals surface area contributed by atoms with Gasteiger partial charge in [0.15, 0.2) is 0 Å². The van der Waals surface area contributed by atoms with Gasteiger partial charge in [-0.1, -0.05) is 41.4 Å². The maximum Gasteiger partial charge on any atom is 0.416 e. The second-order valence-corrected chi connectivity index (χ2v) is 4.98. The lowest BCUT2D eigenvalue weighted by Gasteiger charge is -2.14. The second-order valence-electron chi connectivity index (χ2n) is 4.13. The van der Waals surface area contributed by atoms with Crippen LogP contribution in [0, 0.1) is 0 Å². The van der Waals surface area contributed by atoms with Gasteiger partial charge in [0, 0.05) is 11.6 Å². The molecule has 0 aliphatic rings. The van der Waals surface area contributed by atoms with E-state index in [4.69, 9.17) is 23.2 Å². The van der Waals surface area contributed by atoms with Gasteiger partial charge in [-0.3, -0.25) is 0 Å². The number of rotatable bonds is 3. The summed E-state index contributed by atoms with van der Waals surface area (Å²) in [5.41, 5.74) is -0.0159. The van der Waals surface area contributed by atoms with Gasteiger partial charge in [-0.15, -0.1) is 0 Å². The first-order chi connectivity index (χ1) is 9.38. The molecule has 106 valence electrons. The fraction of sp³-hybridized carbons (Fsp3) is 0.143. The summed E-state index contributed by atoms with van der Waals surface area (Å²) in [5.74, 6) is 0. The van der Waals surface area contributed by atoms with E-state index in [0.29, 0.717) is 15.7 Å². The van der Waals surface area contributed by atoms with Gasteiger partial charge < -0.3 is 5.32 Å². The van der Waals surface area contributed by atoms with Crippen molar-refractivity contribution in [3.8, 4) is 0 Å². The van der Waals surface area contributed by atoms with Crippen LogP contribution in [0.1, 0.15) is 11.1 Å². The molecule has 1 nitrogen and oxygen atoms in total. The third-order valence-corrected chi connectivity index (χ3v) is 3.29. The first kappa shape index (κ1) is 15.0.